The summed E-state index contributed by atoms with van der Waals surface area (Å²) >= 11 is 5.25. The van der Waals surface area contributed by atoms with Crippen LogP contribution < -0.4 is 20.3 Å². The zero-order chi connectivity index (χ0) is 25.3. The van der Waals surface area contributed by atoms with E-state index >= 15 is 0 Å². The molecule has 7 nitrogen and oxygen atoms in total. The van der Waals surface area contributed by atoms with Crippen LogP contribution in [0.5, 0.6) is 11.5 Å². The number of aromatic amines is 1. The van der Waals surface area contributed by atoms with Gasteiger partial charge in [0, 0.05) is 11.6 Å². The van der Waals surface area contributed by atoms with E-state index in [4.69, 9.17) is 21.7 Å². The molecule has 2 N–H and O–H groups in total. The standard InChI is InChI=1S/C24H18F3N3O4S/c1-33-16-7-9-18(20(12-16)34-2)28-21(31)13-6-8-17-19(10-13)29-23(35)30(22(17)32)15-5-3-4-14(11-15)24(25,26)27/h3-12H,1-2H3,(H,28,31)(H,29,35). The van der Waals surface area contributed by atoms with E-state index in [-0.39, 0.29) is 26.9 Å². The maximum Gasteiger partial charge on any atom is 0.416 e. The van der Waals surface area contributed by atoms with Gasteiger partial charge < -0.3 is 19.8 Å². The Morgan fingerprint density at radius 1 is 1.03 bits per heavy atom. The van der Waals surface area contributed by atoms with Crippen molar-refractivity contribution in [2.24, 2.45) is 0 Å². The molecule has 0 atom stereocenters. The van der Waals surface area contributed by atoms with E-state index in [9.17, 15) is 22.8 Å². The molecule has 0 unspecified atom stereocenters. The Hall–Kier alpha value is -4.12. The Bertz CT molecular complexity index is 1560. The lowest BCUT2D eigenvalue weighted by Gasteiger charge is -2.13. The zero-order valence-corrected chi connectivity index (χ0v) is 19.2. The van der Waals surface area contributed by atoms with Crippen LogP contribution in [0, 0.1) is 4.77 Å². The summed E-state index contributed by atoms with van der Waals surface area (Å²) in [6, 6.07) is 13.5. The van der Waals surface area contributed by atoms with Crippen LogP contribution in [0.1, 0.15) is 15.9 Å². The van der Waals surface area contributed by atoms with E-state index in [1.807, 2.05) is 0 Å². The van der Waals surface area contributed by atoms with E-state index in [2.05, 4.69) is 10.3 Å². The Kier molecular flexibility index (Phi) is 6.35. The molecule has 0 fully saturated rings. The zero-order valence-electron chi connectivity index (χ0n) is 18.4. The van der Waals surface area contributed by atoms with Crippen molar-refractivity contribution in [3.8, 4) is 17.2 Å². The van der Waals surface area contributed by atoms with Crippen LogP contribution in [0.25, 0.3) is 16.6 Å². The smallest absolute Gasteiger partial charge is 0.416 e. The normalized spacial score (nSPS) is 11.3. The monoisotopic (exact) mass is 501 g/mol. The second-order valence-electron chi connectivity index (χ2n) is 7.40. The molecule has 4 aromatic rings. The Morgan fingerprint density at radius 2 is 1.80 bits per heavy atom. The van der Waals surface area contributed by atoms with Gasteiger partial charge in [-0.05, 0) is 60.7 Å². The molecular formula is C24H18F3N3O4S. The highest BCUT2D eigenvalue weighted by Gasteiger charge is 2.30. The number of hydrogen-bond acceptors (Lipinski definition) is 5. The van der Waals surface area contributed by atoms with Crippen molar-refractivity contribution in [3.05, 3.63) is 86.9 Å². The molecular weight excluding hydrogens is 483 g/mol. The molecule has 0 aliphatic carbocycles. The van der Waals surface area contributed by atoms with Crippen molar-refractivity contribution in [3.63, 3.8) is 0 Å². The van der Waals surface area contributed by atoms with Gasteiger partial charge in [-0.3, -0.25) is 14.2 Å². The molecule has 0 aliphatic rings. The van der Waals surface area contributed by atoms with Crippen LogP contribution >= 0.6 is 12.2 Å². The summed E-state index contributed by atoms with van der Waals surface area (Å²) in [6.07, 6.45) is -4.57. The second kappa shape index (κ2) is 9.26. The minimum absolute atomic E-state index is 0.0265. The molecule has 1 aromatic heterocycles. The van der Waals surface area contributed by atoms with Gasteiger partial charge >= 0.3 is 6.18 Å². The minimum Gasteiger partial charge on any atom is -0.497 e. The second-order valence-corrected chi connectivity index (χ2v) is 7.79. The van der Waals surface area contributed by atoms with Crippen molar-refractivity contribution >= 4 is 34.7 Å². The fraction of sp³-hybridized carbons (Fsp3) is 0.125. The number of alkyl halides is 3. The van der Waals surface area contributed by atoms with Crippen molar-refractivity contribution < 1.29 is 27.4 Å². The van der Waals surface area contributed by atoms with Gasteiger partial charge in [0.15, 0.2) is 4.77 Å². The SMILES string of the molecule is COc1ccc(NC(=O)c2ccc3c(=O)n(-c4cccc(C(F)(F)F)c4)c(=S)[nH]c3c2)c(OC)c1. The molecule has 4 rings (SSSR count). The van der Waals surface area contributed by atoms with Gasteiger partial charge in [-0.25, -0.2) is 0 Å². The highest BCUT2D eigenvalue weighted by molar-refractivity contribution is 7.71. The lowest BCUT2D eigenvalue weighted by atomic mass is 10.1. The topological polar surface area (TPSA) is 85.4 Å². The summed E-state index contributed by atoms with van der Waals surface area (Å²) in [4.78, 5) is 28.8. The van der Waals surface area contributed by atoms with Crippen molar-refractivity contribution in [1.82, 2.24) is 9.55 Å². The number of hydrogen-bond donors (Lipinski definition) is 2. The fourth-order valence-electron chi connectivity index (χ4n) is 3.51. The van der Waals surface area contributed by atoms with Crippen LogP contribution in [0.15, 0.2) is 65.5 Å². The van der Waals surface area contributed by atoms with Gasteiger partial charge in [0.25, 0.3) is 11.5 Å². The van der Waals surface area contributed by atoms with E-state index in [0.29, 0.717) is 17.2 Å². The summed E-state index contributed by atoms with van der Waals surface area (Å²) in [5.41, 5.74) is -0.660. The number of carbonyl (C=O) groups is 1. The largest absolute Gasteiger partial charge is 0.497 e. The molecule has 3 aromatic carbocycles. The number of ether oxygens (including phenoxy) is 2. The molecule has 11 heteroatoms. The van der Waals surface area contributed by atoms with Gasteiger partial charge in [-0.1, -0.05) is 6.07 Å². The number of benzene rings is 3. The maximum atomic E-state index is 13.1. The van der Waals surface area contributed by atoms with Crippen LogP contribution in [-0.2, 0) is 6.18 Å². The fourth-order valence-corrected chi connectivity index (χ4v) is 3.81. The molecule has 1 heterocycles. The third-order valence-corrected chi connectivity index (χ3v) is 5.53. The first-order valence-electron chi connectivity index (χ1n) is 10.1. The predicted octanol–water partition coefficient (Wildman–Crippen LogP) is 5.34. The molecule has 0 radical (unpaired) electrons. The lowest BCUT2D eigenvalue weighted by molar-refractivity contribution is -0.137. The van der Waals surface area contributed by atoms with Crippen molar-refractivity contribution in [2.45, 2.75) is 6.18 Å². The summed E-state index contributed by atoms with van der Waals surface area (Å²) < 4.78 is 50.7. The van der Waals surface area contributed by atoms with E-state index in [1.54, 1.807) is 18.2 Å². The summed E-state index contributed by atoms with van der Waals surface area (Å²) in [5.74, 6) is 0.466. The number of nitrogens with zero attached hydrogens (tertiary/aromatic N) is 1. The van der Waals surface area contributed by atoms with E-state index in [0.717, 1.165) is 16.7 Å². The Labute approximate surface area is 201 Å². The molecule has 35 heavy (non-hydrogen) atoms. The molecule has 180 valence electrons. The van der Waals surface area contributed by atoms with Crippen LogP contribution in [0.4, 0.5) is 18.9 Å². The summed E-state index contributed by atoms with van der Waals surface area (Å²) in [7, 11) is 2.96. The molecule has 0 bridgehead atoms. The predicted molar refractivity (Wildman–Crippen MR) is 127 cm³/mol. The number of methoxy groups -OCH3 is 2. The highest BCUT2D eigenvalue weighted by atomic mass is 32.1. The molecule has 0 aliphatic heterocycles. The van der Waals surface area contributed by atoms with E-state index in [1.165, 1.54) is 44.6 Å². The first kappa shape index (κ1) is 24.0. The number of fused-ring (bicyclic) bond motifs is 1. The van der Waals surface area contributed by atoms with Crippen molar-refractivity contribution in [2.75, 3.05) is 19.5 Å². The summed E-state index contributed by atoms with van der Waals surface area (Å²) in [5, 5.41) is 2.88. The van der Waals surface area contributed by atoms with Crippen LogP contribution in [0.3, 0.4) is 0 Å². The van der Waals surface area contributed by atoms with Crippen LogP contribution in [-0.4, -0.2) is 29.7 Å². The average molecular weight is 501 g/mol. The number of carbonyl (C=O) groups excluding carboxylic acids is 1. The number of H-pyrrole nitrogens is 1. The quantitative estimate of drug-likeness (QED) is 0.361. The molecule has 0 spiro atoms. The van der Waals surface area contributed by atoms with Crippen molar-refractivity contribution in [1.29, 1.82) is 0 Å². The number of nitrogens with one attached hydrogen (secondary N) is 2. The summed E-state index contributed by atoms with van der Waals surface area (Å²) in [6.45, 7) is 0. The maximum absolute atomic E-state index is 13.1. The van der Waals surface area contributed by atoms with E-state index < -0.39 is 23.2 Å². The number of anilines is 1. The average Bonchev–Trinajstić information content (AvgIpc) is 2.83. The first-order chi connectivity index (χ1) is 16.6. The van der Waals surface area contributed by atoms with Gasteiger partial charge in [0.05, 0.1) is 42.1 Å². The number of aromatic nitrogens is 2. The Balaban J connectivity index is 1.72. The third kappa shape index (κ3) is 4.76. The van der Waals surface area contributed by atoms with Gasteiger partial charge in [-0.15, -0.1) is 0 Å². The van der Waals surface area contributed by atoms with Gasteiger partial charge in [0.1, 0.15) is 11.5 Å². The third-order valence-electron chi connectivity index (χ3n) is 5.25. The van der Waals surface area contributed by atoms with Crippen LogP contribution in [0.2, 0.25) is 0 Å². The number of halogens is 3. The lowest BCUT2D eigenvalue weighted by Crippen LogP contribution is -2.21. The molecule has 1 amide bonds. The highest BCUT2D eigenvalue weighted by Crippen LogP contribution is 2.31. The first-order valence-corrected chi connectivity index (χ1v) is 10.5. The molecule has 0 saturated carbocycles. The van der Waals surface area contributed by atoms with Gasteiger partial charge in [0.2, 0.25) is 0 Å². The number of rotatable bonds is 5. The molecule has 0 saturated heterocycles. The van der Waals surface area contributed by atoms with Gasteiger partial charge in [-0.2, -0.15) is 13.2 Å². The minimum atomic E-state index is -4.57. The number of amides is 1. The Morgan fingerprint density at radius 3 is 2.49 bits per heavy atom.